The van der Waals surface area contributed by atoms with Gasteiger partial charge in [0.2, 0.25) is 0 Å². The number of hydrogen-bond acceptors (Lipinski definition) is 7. The van der Waals surface area contributed by atoms with Gasteiger partial charge in [0.25, 0.3) is 5.91 Å². The van der Waals surface area contributed by atoms with Gasteiger partial charge >= 0.3 is 0 Å². The maximum Gasteiger partial charge on any atom is 0.263 e. The third kappa shape index (κ3) is 3.88. The molecule has 164 valence electrons. The summed E-state index contributed by atoms with van der Waals surface area (Å²) in [4.78, 5) is 22.2. The van der Waals surface area contributed by atoms with Crippen LogP contribution in [-0.2, 0) is 9.63 Å². The summed E-state index contributed by atoms with van der Waals surface area (Å²) in [6.45, 7) is 0.712. The van der Waals surface area contributed by atoms with E-state index in [1.165, 1.54) is 12.2 Å². The van der Waals surface area contributed by atoms with Crippen molar-refractivity contribution in [2.24, 2.45) is 0 Å². The number of benzene rings is 1. The number of hydrogen-bond donors (Lipinski definition) is 1. The van der Waals surface area contributed by atoms with Gasteiger partial charge in [-0.1, -0.05) is 12.1 Å². The lowest BCUT2D eigenvalue weighted by Gasteiger charge is -2.31. The number of carbonyl (C=O) groups is 1. The van der Waals surface area contributed by atoms with Crippen LogP contribution in [0.5, 0.6) is 5.75 Å². The molecular weight excluding hydrogens is 408 g/mol. The van der Waals surface area contributed by atoms with E-state index in [-0.39, 0.29) is 18.1 Å². The van der Waals surface area contributed by atoms with Crippen molar-refractivity contribution >= 4 is 22.5 Å². The number of hydroxylamine groups is 2. The molecule has 3 aromatic heterocycles. The highest BCUT2D eigenvalue weighted by Crippen LogP contribution is 2.26. The van der Waals surface area contributed by atoms with Gasteiger partial charge in [0.15, 0.2) is 11.5 Å². The first-order chi connectivity index (χ1) is 15.6. The minimum Gasteiger partial charge on any atom is -0.490 e. The molecule has 1 aliphatic heterocycles. The predicted molar refractivity (Wildman–Crippen MR) is 119 cm³/mol. The first-order valence-corrected chi connectivity index (χ1v) is 10.5. The highest BCUT2D eigenvalue weighted by Gasteiger charge is 2.30. The molecule has 1 amide bonds. The van der Waals surface area contributed by atoms with Crippen LogP contribution in [-0.4, -0.2) is 63.4 Å². The molecule has 1 aromatic carbocycles. The number of nitrogens with one attached hydrogen (secondary N) is 1. The fraction of sp³-hybridized carbons (Fsp3) is 0.304. The Bertz CT molecular complexity index is 1270. The summed E-state index contributed by atoms with van der Waals surface area (Å²) in [6.07, 6.45) is 3.29. The maximum atomic E-state index is 12.4. The molecule has 0 radical (unpaired) electrons. The van der Waals surface area contributed by atoms with Gasteiger partial charge in [-0.2, -0.15) is 0 Å². The molecule has 1 aliphatic rings. The Morgan fingerprint density at radius 2 is 2.09 bits per heavy atom. The van der Waals surface area contributed by atoms with Gasteiger partial charge in [-0.25, -0.2) is 10.0 Å². The number of amides is 1. The quantitative estimate of drug-likeness (QED) is 0.484. The van der Waals surface area contributed by atoms with E-state index in [0.717, 1.165) is 34.4 Å². The Balaban J connectivity index is 1.34. The lowest BCUT2D eigenvalue weighted by atomic mass is 10.0. The molecule has 32 heavy (non-hydrogen) atoms. The molecule has 4 heterocycles. The molecule has 5 rings (SSSR count). The first-order valence-electron chi connectivity index (χ1n) is 10.5. The number of aromatic nitrogens is 4. The number of ether oxygens (including phenoxy) is 1. The number of nitrogens with zero attached hydrogens (tertiary/aromatic N) is 5. The van der Waals surface area contributed by atoms with Crippen LogP contribution in [0.2, 0.25) is 0 Å². The number of likely N-dealkylation sites (N-methyl/N-ethyl adjacent to an activating group) is 1. The Kier molecular flexibility index (Phi) is 5.42. The van der Waals surface area contributed by atoms with Gasteiger partial charge in [-0.3, -0.25) is 14.0 Å². The van der Waals surface area contributed by atoms with Gasteiger partial charge in [-0.05, 0) is 49.4 Å². The standard InChI is InChI=1S/C23H24N6O3/c1-28(31-2)23(30)20-14-17(10-11-24-20)32-16-7-9-18-15(13-16)6-8-19(25-18)22-27-26-21-5-3-4-12-29(21)22/h3-9,12-13,17,20,24H,10-11,14H2,1-2H3/t17-,20-/m0/s1. The molecule has 1 N–H and O–H groups in total. The van der Waals surface area contributed by atoms with Crippen molar-refractivity contribution < 1.29 is 14.4 Å². The summed E-state index contributed by atoms with van der Waals surface area (Å²) in [7, 11) is 3.09. The largest absolute Gasteiger partial charge is 0.490 e. The van der Waals surface area contributed by atoms with E-state index in [2.05, 4.69) is 15.5 Å². The Labute approximate surface area is 184 Å². The summed E-state index contributed by atoms with van der Waals surface area (Å²) < 4.78 is 8.13. The first kappa shape index (κ1) is 20.3. The molecule has 1 fully saturated rings. The van der Waals surface area contributed by atoms with E-state index in [1.807, 2.05) is 59.1 Å². The van der Waals surface area contributed by atoms with Crippen molar-refractivity contribution in [1.29, 1.82) is 0 Å². The van der Waals surface area contributed by atoms with E-state index in [0.29, 0.717) is 18.8 Å². The Hall–Kier alpha value is -3.56. The SMILES string of the molecule is CON(C)C(=O)[C@@H]1C[C@@H](Oc2ccc3nc(-c4nnc5ccccn45)ccc3c2)CCN1. The fourth-order valence-electron chi connectivity index (χ4n) is 4.00. The minimum atomic E-state index is -0.318. The molecule has 2 atom stereocenters. The Morgan fingerprint density at radius 1 is 1.19 bits per heavy atom. The van der Waals surface area contributed by atoms with Crippen LogP contribution in [0.3, 0.4) is 0 Å². The number of rotatable bonds is 5. The van der Waals surface area contributed by atoms with E-state index < -0.39 is 0 Å². The molecule has 9 nitrogen and oxygen atoms in total. The normalized spacial score (nSPS) is 18.7. The highest BCUT2D eigenvalue weighted by molar-refractivity contribution is 5.82. The lowest BCUT2D eigenvalue weighted by molar-refractivity contribution is -0.172. The molecule has 0 unspecified atom stereocenters. The second kappa shape index (κ2) is 8.52. The molecule has 1 saturated heterocycles. The highest BCUT2D eigenvalue weighted by atomic mass is 16.7. The van der Waals surface area contributed by atoms with E-state index in [1.54, 1.807) is 7.05 Å². The summed E-state index contributed by atoms with van der Waals surface area (Å²) in [6, 6.07) is 15.3. The van der Waals surface area contributed by atoms with Crippen molar-refractivity contribution in [3.05, 3.63) is 54.7 Å². The topological polar surface area (TPSA) is 93.9 Å². The minimum absolute atomic E-state index is 0.0532. The molecule has 4 aromatic rings. The third-order valence-electron chi connectivity index (χ3n) is 5.74. The van der Waals surface area contributed by atoms with Gasteiger partial charge in [0, 0.05) is 25.1 Å². The summed E-state index contributed by atoms with van der Waals surface area (Å²) in [5, 5.41) is 13.9. The van der Waals surface area contributed by atoms with Crippen LogP contribution in [0.4, 0.5) is 0 Å². The molecule has 0 saturated carbocycles. The number of fused-ring (bicyclic) bond motifs is 2. The van der Waals surface area contributed by atoms with Gasteiger partial charge < -0.3 is 10.1 Å². The van der Waals surface area contributed by atoms with Crippen LogP contribution >= 0.6 is 0 Å². The molecule has 0 spiro atoms. The second-order valence-corrected chi connectivity index (χ2v) is 7.79. The van der Waals surface area contributed by atoms with Crippen molar-refractivity contribution in [2.45, 2.75) is 25.0 Å². The molecular formula is C23H24N6O3. The van der Waals surface area contributed by atoms with Gasteiger partial charge in [-0.15, -0.1) is 10.2 Å². The maximum absolute atomic E-state index is 12.4. The summed E-state index contributed by atoms with van der Waals surface area (Å²) in [5.74, 6) is 1.37. The zero-order chi connectivity index (χ0) is 22.1. The van der Waals surface area contributed by atoms with Crippen molar-refractivity contribution in [3.8, 4) is 17.3 Å². The lowest BCUT2D eigenvalue weighted by Crippen LogP contribution is -2.51. The molecule has 9 heteroatoms. The smallest absolute Gasteiger partial charge is 0.263 e. The zero-order valence-electron chi connectivity index (χ0n) is 17.9. The Morgan fingerprint density at radius 3 is 2.97 bits per heavy atom. The van der Waals surface area contributed by atoms with Gasteiger partial charge in [0.05, 0.1) is 18.7 Å². The summed E-state index contributed by atoms with van der Waals surface area (Å²) in [5.41, 5.74) is 2.39. The van der Waals surface area contributed by atoms with Crippen LogP contribution < -0.4 is 10.1 Å². The van der Waals surface area contributed by atoms with E-state index in [9.17, 15) is 4.79 Å². The van der Waals surface area contributed by atoms with E-state index >= 15 is 0 Å². The van der Waals surface area contributed by atoms with E-state index in [4.69, 9.17) is 14.6 Å². The van der Waals surface area contributed by atoms with Crippen LogP contribution in [0, 0.1) is 0 Å². The van der Waals surface area contributed by atoms with Crippen LogP contribution in [0.15, 0.2) is 54.7 Å². The van der Waals surface area contributed by atoms with Crippen molar-refractivity contribution in [1.82, 2.24) is 30.0 Å². The number of piperidine rings is 1. The summed E-state index contributed by atoms with van der Waals surface area (Å²) >= 11 is 0. The zero-order valence-corrected chi connectivity index (χ0v) is 17.9. The second-order valence-electron chi connectivity index (χ2n) is 7.79. The number of carbonyl (C=O) groups excluding carboxylic acids is 1. The average molecular weight is 432 g/mol. The van der Waals surface area contributed by atoms with Crippen LogP contribution in [0.25, 0.3) is 28.1 Å². The molecule has 0 bridgehead atoms. The van der Waals surface area contributed by atoms with Crippen molar-refractivity contribution in [3.63, 3.8) is 0 Å². The monoisotopic (exact) mass is 432 g/mol. The fourth-order valence-corrected chi connectivity index (χ4v) is 4.00. The van der Waals surface area contributed by atoms with Crippen LogP contribution in [0.1, 0.15) is 12.8 Å². The predicted octanol–water partition coefficient (Wildman–Crippen LogP) is 2.46. The third-order valence-corrected chi connectivity index (χ3v) is 5.74. The molecule has 0 aliphatic carbocycles. The van der Waals surface area contributed by atoms with Gasteiger partial charge in [0.1, 0.15) is 17.5 Å². The van der Waals surface area contributed by atoms with Crippen molar-refractivity contribution in [2.75, 3.05) is 20.7 Å². The average Bonchev–Trinajstić information content (AvgIpc) is 3.27. The number of pyridine rings is 2.